The highest BCUT2D eigenvalue weighted by molar-refractivity contribution is 7.88. The van der Waals surface area contributed by atoms with Gasteiger partial charge in [-0.2, -0.15) is 4.31 Å². The Hall–Kier alpha value is -2.26. The number of unbranched alkanes of at least 4 members (excludes halogenated alkanes) is 1. The summed E-state index contributed by atoms with van der Waals surface area (Å²) in [6.07, 6.45) is 7.13. The van der Waals surface area contributed by atoms with Gasteiger partial charge in [0, 0.05) is 23.2 Å². The Morgan fingerprint density at radius 1 is 1.33 bits per heavy atom. The van der Waals surface area contributed by atoms with Gasteiger partial charge in [-0.1, -0.05) is 42.0 Å². The lowest BCUT2D eigenvalue weighted by molar-refractivity contribution is 0.148. The summed E-state index contributed by atoms with van der Waals surface area (Å²) in [5.41, 5.74) is 2.98. The molecule has 8 heteroatoms. The Morgan fingerprint density at radius 3 is 2.61 bits per heavy atom. The molecule has 0 spiro atoms. The molecule has 1 aromatic heterocycles. The highest BCUT2D eigenvalue weighted by atomic mass is 32.2. The monoisotopic (exact) mass is 471 g/mol. The van der Waals surface area contributed by atoms with Crippen LogP contribution in [0.2, 0.25) is 0 Å². The van der Waals surface area contributed by atoms with Crippen molar-refractivity contribution in [2.75, 3.05) is 19.8 Å². The number of rotatable bonds is 10. The van der Waals surface area contributed by atoms with Crippen LogP contribution in [-0.4, -0.2) is 43.8 Å². The molecule has 33 heavy (non-hydrogen) atoms. The first-order chi connectivity index (χ1) is 15.7. The molecule has 7 nitrogen and oxygen atoms in total. The first kappa shape index (κ1) is 23.9. The summed E-state index contributed by atoms with van der Waals surface area (Å²) in [7, 11) is -1.80. The number of nitrogens with zero attached hydrogens (tertiary/aromatic N) is 2. The highest BCUT2D eigenvalue weighted by Gasteiger charge is 2.42. The molecule has 2 heterocycles. The van der Waals surface area contributed by atoms with Gasteiger partial charge in [0.15, 0.2) is 0 Å². The van der Waals surface area contributed by atoms with E-state index < -0.39 is 22.4 Å². The minimum atomic E-state index is -3.49. The molecule has 0 radical (unpaired) electrons. The van der Waals surface area contributed by atoms with Gasteiger partial charge in [-0.25, -0.2) is 13.4 Å². The quantitative estimate of drug-likeness (QED) is 0.315. The van der Waals surface area contributed by atoms with Crippen LogP contribution >= 0.6 is 0 Å². The molecule has 178 valence electrons. The molecule has 1 saturated carbocycles. The Labute approximate surface area is 195 Å². The Morgan fingerprint density at radius 2 is 2.03 bits per heavy atom. The van der Waals surface area contributed by atoms with E-state index in [1.54, 1.807) is 13.1 Å². The van der Waals surface area contributed by atoms with Crippen molar-refractivity contribution in [3.05, 3.63) is 58.8 Å². The number of nitrogens with one attached hydrogen (secondary N) is 1. The minimum Gasteiger partial charge on any atom is -0.438 e. The van der Waals surface area contributed by atoms with Gasteiger partial charge >= 0.3 is 0 Å². The smallest absolute Gasteiger partial charge is 0.223 e. The van der Waals surface area contributed by atoms with Gasteiger partial charge < -0.3 is 9.52 Å². The molecule has 1 aromatic carbocycles. The largest absolute Gasteiger partial charge is 0.438 e. The van der Waals surface area contributed by atoms with Gasteiger partial charge in [-0.05, 0) is 45.6 Å². The van der Waals surface area contributed by atoms with E-state index >= 15 is 0 Å². The molecule has 2 aliphatic rings. The van der Waals surface area contributed by atoms with E-state index in [4.69, 9.17) is 9.41 Å². The first-order valence-electron chi connectivity index (χ1n) is 11.5. The number of aliphatic hydroxyl groups is 1. The van der Waals surface area contributed by atoms with Crippen molar-refractivity contribution >= 4 is 16.1 Å². The lowest BCUT2D eigenvalue weighted by atomic mass is 9.95. The SMILES string of the molecule is C=CCCCN(C1N=c2oc(-c3ccc(C)cc3)c(C(O)NC)c2=CC1C1CC1)S(C)(=O)=O. The number of sulfonamides is 1. The zero-order valence-electron chi connectivity index (χ0n) is 19.5. The van der Waals surface area contributed by atoms with Crippen molar-refractivity contribution in [2.45, 2.75) is 45.0 Å². The summed E-state index contributed by atoms with van der Waals surface area (Å²) < 4.78 is 33.2. The Bertz CT molecular complexity index is 1230. The van der Waals surface area contributed by atoms with Crippen LogP contribution in [-0.2, 0) is 10.0 Å². The molecule has 1 aliphatic heterocycles. The number of benzene rings is 1. The second kappa shape index (κ2) is 9.54. The number of aliphatic hydroxyl groups excluding tert-OH is 1. The van der Waals surface area contributed by atoms with Crippen molar-refractivity contribution in [2.24, 2.45) is 16.8 Å². The van der Waals surface area contributed by atoms with Crippen LogP contribution < -0.4 is 16.1 Å². The third-order valence-corrected chi connectivity index (χ3v) is 7.70. The molecule has 2 N–H and O–H groups in total. The molecule has 0 bridgehead atoms. The van der Waals surface area contributed by atoms with Crippen molar-refractivity contribution in [3.63, 3.8) is 0 Å². The van der Waals surface area contributed by atoms with Gasteiger partial charge in [0.1, 0.15) is 18.2 Å². The summed E-state index contributed by atoms with van der Waals surface area (Å²) in [5, 5.41) is 14.5. The van der Waals surface area contributed by atoms with E-state index in [-0.39, 0.29) is 5.92 Å². The standard InChI is InChI=1S/C25H33N3O4S/c1-5-6-7-14-28(33(4,30)31)23-19(17-12-13-17)15-20-21(24(29)26-3)22(32-25(20)27-23)18-10-8-16(2)9-11-18/h5,8-11,15,17,19,23-24,26,29H,1,6-7,12-14H2,2-4H3. The zero-order chi connectivity index (χ0) is 23.8. The maximum Gasteiger partial charge on any atom is 0.223 e. The van der Waals surface area contributed by atoms with Crippen LogP contribution in [0.3, 0.4) is 0 Å². The van der Waals surface area contributed by atoms with Gasteiger partial charge in [0.25, 0.3) is 0 Å². The van der Waals surface area contributed by atoms with E-state index in [2.05, 4.69) is 18.0 Å². The lowest BCUT2D eigenvalue weighted by Gasteiger charge is -2.32. The van der Waals surface area contributed by atoms with Crippen LogP contribution in [0.25, 0.3) is 17.4 Å². The summed E-state index contributed by atoms with van der Waals surface area (Å²) in [4.78, 5) is 4.86. The first-order valence-corrected chi connectivity index (χ1v) is 13.3. The summed E-state index contributed by atoms with van der Waals surface area (Å²) in [6.45, 7) is 6.14. The van der Waals surface area contributed by atoms with E-state index in [9.17, 15) is 13.5 Å². The zero-order valence-corrected chi connectivity index (χ0v) is 20.3. The van der Waals surface area contributed by atoms with Gasteiger partial charge in [-0.3, -0.25) is 5.32 Å². The fourth-order valence-corrected chi connectivity index (χ4v) is 5.56. The second-order valence-electron chi connectivity index (χ2n) is 9.05. The molecule has 1 aliphatic carbocycles. The number of fused-ring (bicyclic) bond motifs is 1. The second-order valence-corrected chi connectivity index (χ2v) is 11.0. The van der Waals surface area contributed by atoms with E-state index in [0.29, 0.717) is 35.8 Å². The molecule has 4 rings (SSSR count). The van der Waals surface area contributed by atoms with Crippen LogP contribution in [0.4, 0.5) is 0 Å². The average Bonchev–Trinajstić information content (AvgIpc) is 3.55. The van der Waals surface area contributed by atoms with E-state index in [1.165, 1.54) is 10.6 Å². The number of hydrogen-bond donors (Lipinski definition) is 2. The maximum atomic E-state index is 12.8. The normalized spacial score (nSPS) is 21.2. The third kappa shape index (κ3) is 4.99. The molecular weight excluding hydrogens is 438 g/mol. The number of furan rings is 1. The minimum absolute atomic E-state index is 0.0674. The van der Waals surface area contributed by atoms with Crippen LogP contribution in [0.1, 0.15) is 43.0 Å². The van der Waals surface area contributed by atoms with E-state index in [1.807, 2.05) is 31.2 Å². The predicted octanol–water partition coefficient (Wildman–Crippen LogP) is 2.46. The van der Waals surface area contributed by atoms with Crippen LogP contribution in [0, 0.1) is 18.8 Å². The van der Waals surface area contributed by atoms with Crippen LogP contribution in [0.15, 0.2) is 46.3 Å². The molecule has 3 unspecified atom stereocenters. The molecule has 2 aromatic rings. The molecular formula is C25H33N3O4S. The summed E-state index contributed by atoms with van der Waals surface area (Å²) in [6, 6.07) is 7.90. The molecule has 0 amide bonds. The van der Waals surface area contributed by atoms with Gasteiger partial charge in [-0.15, -0.1) is 6.58 Å². The topological polar surface area (TPSA) is 95.1 Å². The van der Waals surface area contributed by atoms with E-state index in [0.717, 1.165) is 35.6 Å². The molecule has 0 saturated heterocycles. The predicted molar refractivity (Wildman–Crippen MR) is 129 cm³/mol. The summed E-state index contributed by atoms with van der Waals surface area (Å²) >= 11 is 0. The fraction of sp³-hybridized carbons (Fsp3) is 0.480. The molecule has 1 fully saturated rings. The average molecular weight is 472 g/mol. The van der Waals surface area contributed by atoms with Crippen molar-refractivity contribution in [1.29, 1.82) is 0 Å². The van der Waals surface area contributed by atoms with Crippen molar-refractivity contribution in [3.8, 4) is 11.3 Å². The van der Waals surface area contributed by atoms with Crippen molar-refractivity contribution in [1.82, 2.24) is 9.62 Å². The summed E-state index contributed by atoms with van der Waals surface area (Å²) in [5.74, 6) is 0.852. The van der Waals surface area contributed by atoms with Crippen molar-refractivity contribution < 1.29 is 17.9 Å². The molecule has 3 atom stereocenters. The third-order valence-electron chi connectivity index (χ3n) is 6.45. The number of hydrogen-bond acceptors (Lipinski definition) is 6. The van der Waals surface area contributed by atoms with Crippen LogP contribution in [0.5, 0.6) is 0 Å². The Balaban J connectivity index is 1.88. The van der Waals surface area contributed by atoms with Gasteiger partial charge in [0.05, 0.1) is 11.8 Å². The lowest BCUT2D eigenvalue weighted by Crippen LogP contribution is -2.48. The Kier molecular flexibility index (Phi) is 6.91. The number of allylic oxidation sites excluding steroid dienone is 1. The number of aryl methyl sites for hydroxylation is 1. The highest BCUT2D eigenvalue weighted by Crippen LogP contribution is 2.42. The fourth-order valence-electron chi connectivity index (χ4n) is 4.52. The van der Waals surface area contributed by atoms with Gasteiger partial charge in [0.2, 0.25) is 15.6 Å². The maximum absolute atomic E-state index is 12.8.